The number of hydrogen-bond donors (Lipinski definition) is 2. The van der Waals surface area contributed by atoms with Crippen LogP contribution in [0.5, 0.6) is 5.75 Å². The lowest BCUT2D eigenvalue weighted by Crippen LogP contribution is -2.42. The van der Waals surface area contributed by atoms with E-state index in [1.54, 1.807) is 38.4 Å². The van der Waals surface area contributed by atoms with Crippen LogP contribution in [-0.2, 0) is 13.6 Å². The van der Waals surface area contributed by atoms with Gasteiger partial charge < -0.3 is 24.8 Å². The van der Waals surface area contributed by atoms with Crippen molar-refractivity contribution >= 4 is 35.8 Å². The molecule has 0 atom stereocenters. The third-order valence-electron chi connectivity index (χ3n) is 4.07. The Morgan fingerprint density at radius 1 is 1.19 bits per heavy atom. The van der Waals surface area contributed by atoms with Crippen LogP contribution in [0.4, 0.5) is 0 Å². The molecule has 27 heavy (non-hydrogen) atoms. The minimum absolute atomic E-state index is 0. The maximum absolute atomic E-state index is 12.1. The summed E-state index contributed by atoms with van der Waals surface area (Å²) < 4.78 is 7.17. The van der Waals surface area contributed by atoms with Gasteiger partial charge in [-0.05, 0) is 36.4 Å². The SMILES string of the molecule is CN=C(NCCNC(=O)c1ccc(OC)cc1)N(C)Cc1cccn1C.I. The van der Waals surface area contributed by atoms with Gasteiger partial charge in [-0.1, -0.05) is 0 Å². The molecule has 0 spiro atoms. The Kier molecular flexibility index (Phi) is 9.70. The lowest BCUT2D eigenvalue weighted by atomic mass is 10.2. The summed E-state index contributed by atoms with van der Waals surface area (Å²) in [5.41, 5.74) is 1.80. The average molecular weight is 485 g/mol. The van der Waals surface area contributed by atoms with Gasteiger partial charge in [0.2, 0.25) is 0 Å². The van der Waals surface area contributed by atoms with E-state index in [9.17, 15) is 4.79 Å². The highest BCUT2D eigenvalue weighted by Gasteiger charge is 2.09. The van der Waals surface area contributed by atoms with Crippen molar-refractivity contribution in [2.45, 2.75) is 6.54 Å². The molecule has 2 N–H and O–H groups in total. The van der Waals surface area contributed by atoms with Gasteiger partial charge in [-0.2, -0.15) is 0 Å². The Hall–Kier alpha value is -2.23. The van der Waals surface area contributed by atoms with Crippen molar-refractivity contribution in [3.05, 3.63) is 53.9 Å². The fourth-order valence-electron chi connectivity index (χ4n) is 2.56. The third kappa shape index (κ3) is 6.78. The topological polar surface area (TPSA) is 70.9 Å². The number of halogens is 1. The van der Waals surface area contributed by atoms with E-state index in [0.717, 1.165) is 18.3 Å². The fourth-order valence-corrected chi connectivity index (χ4v) is 2.56. The van der Waals surface area contributed by atoms with Gasteiger partial charge >= 0.3 is 0 Å². The lowest BCUT2D eigenvalue weighted by molar-refractivity contribution is 0.0954. The molecule has 0 saturated heterocycles. The van der Waals surface area contributed by atoms with Gasteiger partial charge in [0.1, 0.15) is 5.75 Å². The predicted molar refractivity (Wildman–Crippen MR) is 119 cm³/mol. The molecule has 0 unspecified atom stereocenters. The Morgan fingerprint density at radius 3 is 2.41 bits per heavy atom. The first-order chi connectivity index (χ1) is 12.5. The molecular formula is C19H28IN5O2. The molecule has 2 aromatic rings. The van der Waals surface area contributed by atoms with Crippen molar-refractivity contribution in [3.63, 3.8) is 0 Å². The highest BCUT2D eigenvalue weighted by atomic mass is 127. The number of aryl methyl sites for hydroxylation is 1. The highest BCUT2D eigenvalue weighted by molar-refractivity contribution is 14.0. The van der Waals surface area contributed by atoms with E-state index in [2.05, 4.69) is 26.3 Å². The number of methoxy groups -OCH3 is 1. The van der Waals surface area contributed by atoms with Crippen molar-refractivity contribution in [1.29, 1.82) is 0 Å². The van der Waals surface area contributed by atoms with Crippen LogP contribution >= 0.6 is 24.0 Å². The number of hydrogen-bond acceptors (Lipinski definition) is 3. The monoisotopic (exact) mass is 485 g/mol. The summed E-state index contributed by atoms with van der Waals surface area (Å²) in [5.74, 6) is 1.40. The van der Waals surface area contributed by atoms with Gasteiger partial charge in [-0.3, -0.25) is 9.79 Å². The molecule has 1 heterocycles. The van der Waals surface area contributed by atoms with Crippen molar-refractivity contribution in [2.24, 2.45) is 12.0 Å². The van der Waals surface area contributed by atoms with E-state index >= 15 is 0 Å². The molecule has 148 valence electrons. The maximum atomic E-state index is 12.1. The molecular weight excluding hydrogens is 457 g/mol. The van der Waals surface area contributed by atoms with Crippen LogP contribution in [0, 0.1) is 0 Å². The van der Waals surface area contributed by atoms with Gasteiger partial charge in [-0.25, -0.2) is 0 Å². The van der Waals surface area contributed by atoms with Gasteiger partial charge in [0.25, 0.3) is 5.91 Å². The summed E-state index contributed by atoms with van der Waals surface area (Å²) in [7, 11) is 7.36. The number of aliphatic imine (C=N–C) groups is 1. The summed E-state index contributed by atoms with van der Waals surface area (Å²) in [4.78, 5) is 18.4. The zero-order valence-corrected chi connectivity index (χ0v) is 18.6. The van der Waals surface area contributed by atoms with Crippen molar-refractivity contribution in [1.82, 2.24) is 20.1 Å². The number of amides is 1. The number of nitrogens with zero attached hydrogens (tertiary/aromatic N) is 3. The van der Waals surface area contributed by atoms with Crippen LogP contribution in [0.3, 0.4) is 0 Å². The smallest absolute Gasteiger partial charge is 0.251 e. The maximum Gasteiger partial charge on any atom is 0.251 e. The van der Waals surface area contributed by atoms with Crippen LogP contribution in [0.2, 0.25) is 0 Å². The van der Waals surface area contributed by atoms with E-state index in [1.165, 1.54) is 5.69 Å². The molecule has 0 aliphatic rings. The molecule has 0 fully saturated rings. The summed E-state index contributed by atoms with van der Waals surface area (Å²) in [6.07, 6.45) is 2.02. The van der Waals surface area contributed by atoms with Crippen LogP contribution in [0.15, 0.2) is 47.6 Å². The van der Waals surface area contributed by atoms with Gasteiger partial charge in [0, 0.05) is 51.7 Å². The Morgan fingerprint density at radius 2 is 1.85 bits per heavy atom. The molecule has 1 aromatic heterocycles. The van der Waals surface area contributed by atoms with Crippen LogP contribution in [-0.4, -0.2) is 55.6 Å². The standard InChI is InChI=1S/C19H27N5O2.HI/c1-20-19(24(3)14-16-6-5-13-23(16)2)22-12-11-21-18(25)15-7-9-17(26-4)10-8-15;/h5-10,13H,11-12,14H2,1-4H3,(H,20,22)(H,21,25);1H. The number of aromatic nitrogens is 1. The second-order valence-corrected chi connectivity index (χ2v) is 5.92. The Labute approximate surface area is 177 Å². The minimum Gasteiger partial charge on any atom is -0.497 e. The number of carbonyl (C=O) groups is 1. The normalized spacial score (nSPS) is 10.7. The molecule has 0 saturated carbocycles. The Bertz CT molecular complexity index is 743. The number of benzene rings is 1. The van der Waals surface area contributed by atoms with Crippen molar-refractivity contribution in [2.75, 3.05) is 34.3 Å². The number of ether oxygens (including phenoxy) is 1. The fraction of sp³-hybridized carbons (Fsp3) is 0.368. The molecule has 8 heteroatoms. The first-order valence-corrected chi connectivity index (χ1v) is 8.49. The number of carbonyl (C=O) groups excluding carboxylic acids is 1. The molecule has 2 rings (SSSR count). The first-order valence-electron chi connectivity index (χ1n) is 8.49. The predicted octanol–water partition coefficient (Wildman–Crippen LogP) is 2.09. The lowest BCUT2D eigenvalue weighted by Gasteiger charge is -2.22. The van der Waals surface area contributed by atoms with E-state index in [1.807, 2.05) is 31.3 Å². The van der Waals surface area contributed by atoms with E-state index in [4.69, 9.17) is 4.74 Å². The van der Waals surface area contributed by atoms with Crippen molar-refractivity contribution in [3.8, 4) is 5.75 Å². The van der Waals surface area contributed by atoms with Crippen molar-refractivity contribution < 1.29 is 9.53 Å². The molecule has 7 nitrogen and oxygen atoms in total. The molecule has 1 aromatic carbocycles. The quantitative estimate of drug-likeness (QED) is 0.273. The second kappa shape index (κ2) is 11.5. The zero-order chi connectivity index (χ0) is 18.9. The molecule has 0 aliphatic heterocycles. The van der Waals surface area contributed by atoms with Crippen LogP contribution in [0.25, 0.3) is 0 Å². The summed E-state index contributed by atoms with van der Waals surface area (Å²) >= 11 is 0. The van der Waals surface area contributed by atoms with E-state index in [0.29, 0.717) is 18.7 Å². The number of rotatable bonds is 7. The third-order valence-corrected chi connectivity index (χ3v) is 4.07. The molecule has 0 bridgehead atoms. The van der Waals surface area contributed by atoms with E-state index in [-0.39, 0.29) is 29.9 Å². The summed E-state index contributed by atoms with van der Waals surface area (Å²) in [5, 5.41) is 6.15. The summed E-state index contributed by atoms with van der Waals surface area (Å²) in [6, 6.07) is 11.1. The Balaban J connectivity index is 0.00000364. The number of nitrogens with one attached hydrogen (secondary N) is 2. The van der Waals surface area contributed by atoms with Gasteiger partial charge in [0.15, 0.2) is 5.96 Å². The highest BCUT2D eigenvalue weighted by Crippen LogP contribution is 2.10. The van der Waals surface area contributed by atoms with Gasteiger partial charge in [-0.15, -0.1) is 24.0 Å². The van der Waals surface area contributed by atoms with Crippen LogP contribution < -0.4 is 15.4 Å². The average Bonchev–Trinajstić information content (AvgIpc) is 3.06. The second-order valence-electron chi connectivity index (χ2n) is 5.92. The van der Waals surface area contributed by atoms with Gasteiger partial charge in [0.05, 0.1) is 13.7 Å². The summed E-state index contributed by atoms with van der Waals surface area (Å²) in [6.45, 7) is 1.84. The van der Waals surface area contributed by atoms with Crippen LogP contribution in [0.1, 0.15) is 16.1 Å². The largest absolute Gasteiger partial charge is 0.497 e. The first kappa shape index (κ1) is 22.8. The minimum atomic E-state index is -0.110. The molecule has 1 amide bonds. The molecule has 0 aliphatic carbocycles. The van der Waals surface area contributed by atoms with E-state index < -0.39 is 0 Å². The zero-order valence-electron chi connectivity index (χ0n) is 16.2. The molecule has 0 radical (unpaired) electrons. The number of guanidine groups is 1.